The number of hydrogen-bond donors (Lipinski definition) is 2. The third-order valence-electron chi connectivity index (χ3n) is 4.88. The molecule has 0 bridgehead atoms. The minimum absolute atomic E-state index is 0. The van der Waals surface area contributed by atoms with E-state index in [1.807, 2.05) is 13.1 Å². The van der Waals surface area contributed by atoms with Gasteiger partial charge in [-0.3, -0.25) is 4.99 Å². The second kappa shape index (κ2) is 10.3. The smallest absolute Gasteiger partial charge is 0.191 e. The summed E-state index contributed by atoms with van der Waals surface area (Å²) < 4.78 is 5.36. The fraction of sp³-hybridized carbons (Fsp3) is 0.778. The van der Waals surface area contributed by atoms with E-state index < -0.39 is 0 Å². The third kappa shape index (κ3) is 6.26. The van der Waals surface area contributed by atoms with Crippen LogP contribution in [0, 0.1) is 11.8 Å². The van der Waals surface area contributed by atoms with Crippen LogP contribution in [0.25, 0.3) is 0 Å². The van der Waals surface area contributed by atoms with Crippen LogP contribution in [0.2, 0.25) is 0 Å². The van der Waals surface area contributed by atoms with Gasteiger partial charge in [-0.05, 0) is 43.4 Å². The number of guanidine groups is 1. The quantitative estimate of drug-likeness (QED) is 0.401. The van der Waals surface area contributed by atoms with E-state index in [0.29, 0.717) is 18.5 Å². The molecule has 24 heavy (non-hydrogen) atoms. The molecule has 1 fully saturated rings. The number of aromatic nitrogens is 1. The number of halogens is 1. The first-order valence-electron chi connectivity index (χ1n) is 8.92. The maximum atomic E-state index is 5.36. The molecular formula is C18H33IN4O. The van der Waals surface area contributed by atoms with Gasteiger partial charge in [0.2, 0.25) is 0 Å². The highest BCUT2D eigenvalue weighted by atomic mass is 127. The summed E-state index contributed by atoms with van der Waals surface area (Å²) in [6, 6.07) is 2.54. The Bertz CT molecular complexity index is 505. The van der Waals surface area contributed by atoms with Crippen molar-refractivity contribution in [3.8, 4) is 0 Å². The molecule has 138 valence electrons. The predicted molar refractivity (Wildman–Crippen MR) is 110 cm³/mol. The second-order valence-electron chi connectivity index (χ2n) is 7.30. The maximum Gasteiger partial charge on any atom is 0.191 e. The summed E-state index contributed by atoms with van der Waals surface area (Å²) in [5.74, 6) is 3.77. The van der Waals surface area contributed by atoms with E-state index in [1.54, 1.807) is 0 Å². The van der Waals surface area contributed by atoms with Gasteiger partial charge in [-0.15, -0.1) is 24.0 Å². The molecule has 0 spiro atoms. The molecule has 1 heterocycles. The fourth-order valence-electron chi connectivity index (χ4n) is 3.17. The number of nitrogens with one attached hydrogen (secondary N) is 2. The van der Waals surface area contributed by atoms with Crippen molar-refractivity contribution < 1.29 is 4.52 Å². The van der Waals surface area contributed by atoms with E-state index in [9.17, 15) is 0 Å². The van der Waals surface area contributed by atoms with Crippen molar-refractivity contribution in [2.45, 2.75) is 71.9 Å². The first-order valence-corrected chi connectivity index (χ1v) is 8.92. The standard InChI is InChI=1S/C18H32N4O.HI/c1-12(2)14-6-8-15(9-7-14)21-18(19-5)20-11-16-10-17(13(3)4)22-23-16;/h10,12-15H,6-9,11H2,1-5H3,(H2,19,20,21);1H. The van der Waals surface area contributed by atoms with Crippen LogP contribution >= 0.6 is 24.0 Å². The van der Waals surface area contributed by atoms with Crippen molar-refractivity contribution in [2.24, 2.45) is 16.8 Å². The molecule has 0 unspecified atom stereocenters. The Labute approximate surface area is 163 Å². The molecule has 1 saturated carbocycles. The Morgan fingerprint density at radius 2 is 1.92 bits per heavy atom. The molecule has 1 aromatic rings. The minimum atomic E-state index is 0. The molecule has 5 nitrogen and oxygen atoms in total. The Kier molecular flexibility index (Phi) is 9.08. The molecule has 0 atom stereocenters. The monoisotopic (exact) mass is 448 g/mol. The van der Waals surface area contributed by atoms with Gasteiger partial charge >= 0.3 is 0 Å². The molecule has 0 aromatic carbocycles. The lowest BCUT2D eigenvalue weighted by Gasteiger charge is -2.32. The van der Waals surface area contributed by atoms with E-state index >= 15 is 0 Å². The zero-order valence-electron chi connectivity index (χ0n) is 15.6. The van der Waals surface area contributed by atoms with Gasteiger partial charge in [0.15, 0.2) is 11.7 Å². The van der Waals surface area contributed by atoms with Gasteiger partial charge in [0.1, 0.15) is 0 Å². The summed E-state index contributed by atoms with van der Waals surface area (Å²) >= 11 is 0. The highest BCUT2D eigenvalue weighted by Gasteiger charge is 2.23. The van der Waals surface area contributed by atoms with Crippen LogP contribution in [0.5, 0.6) is 0 Å². The Morgan fingerprint density at radius 3 is 2.42 bits per heavy atom. The van der Waals surface area contributed by atoms with Gasteiger partial charge < -0.3 is 15.2 Å². The number of aliphatic imine (C=N–C) groups is 1. The van der Waals surface area contributed by atoms with Gasteiger partial charge in [0.05, 0.1) is 12.2 Å². The molecule has 2 N–H and O–H groups in total. The zero-order chi connectivity index (χ0) is 16.8. The number of hydrogen-bond acceptors (Lipinski definition) is 3. The summed E-state index contributed by atoms with van der Waals surface area (Å²) in [5, 5.41) is 11.0. The molecule has 0 aliphatic heterocycles. The topological polar surface area (TPSA) is 62.5 Å². The summed E-state index contributed by atoms with van der Waals surface area (Å²) in [4.78, 5) is 4.33. The maximum absolute atomic E-state index is 5.36. The summed E-state index contributed by atoms with van der Waals surface area (Å²) in [7, 11) is 1.81. The van der Waals surface area contributed by atoms with Crippen molar-refractivity contribution in [2.75, 3.05) is 7.05 Å². The number of nitrogens with zero attached hydrogens (tertiary/aromatic N) is 2. The van der Waals surface area contributed by atoms with Gasteiger partial charge in [0, 0.05) is 19.2 Å². The van der Waals surface area contributed by atoms with E-state index in [4.69, 9.17) is 4.52 Å². The highest BCUT2D eigenvalue weighted by Crippen LogP contribution is 2.29. The Morgan fingerprint density at radius 1 is 1.25 bits per heavy atom. The van der Waals surface area contributed by atoms with Crippen molar-refractivity contribution in [3.05, 3.63) is 17.5 Å². The SMILES string of the molecule is CN=C(NCc1cc(C(C)C)no1)NC1CCC(C(C)C)CC1.I. The predicted octanol–water partition coefficient (Wildman–Crippen LogP) is 4.30. The van der Waals surface area contributed by atoms with Gasteiger partial charge in [0.25, 0.3) is 0 Å². The third-order valence-corrected chi connectivity index (χ3v) is 4.88. The summed E-state index contributed by atoms with van der Waals surface area (Å²) in [6.07, 6.45) is 5.07. The molecule has 0 radical (unpaired) electrons. The van der Waals surface area contributed by atoms with E-state index in [1.165, 1.54) is 25.7 Å². The van der Waals surface area contributed by atoms with Gasteiger partial charge in [-0.1, -0.05) is 32.9 Å². The normalized spacial score (nSPS) is 21.7. The second-order valence-corrected chi connectivity index (χ2v) is 7.30. The first kappa shape index (κ1) is 21.3. The van der Waals surface area contributed by atoms with Crippen molar-refractivity contribution in [3.63, 3.8) is 0 Å². The number of rotatable bonds is 5. The van der Waals surface area contributed by atoms with Crippen LogP contribution in [-0.2, 0) is 6.54 Å². The fourth-order valence-corrected chi connectivity index (χ4v) is 3.17. The zero-order valence-corrected chi connectivity index (χ0v) is 18.0. The van der Waals surface area contributed by atoms with Gasteiger partial charge in [-0.25, -0.2) is 0 Å². The Hall–Kier alpha value is -0.790. The van der Waals surface area contributed by atoms with Crippen LogP contribution in [0.3, 0.4) is 0 Å². The lowest BCUT2D eigenvalue weighted by molar-refractivity contribution is 0.250. The average Bonchev–Trinajstić information content (AvgIpc) is 3.01. The first-order chi connectivity index (χ1) is 11.0. The molecule has 0 amide bonds. The van der Waals surface area contributed by atoms with E-state index in [0.717, 1.165) is 29.2 Å². The Balaban J connectivity index is 0.00000288. The summed E-state index contributed by atoms with van der Waals surface area (Å²) in [6.45, 7) is 9.51. The van der Waals surface area contributed by atoms with E-state index in [-0.39, 0.29) is 24.0 Å². The van der Waals surface area contributed by atoms with Crippen molar-refractivity contribution in [1.29, 1.82) is 0 Å². The molecule has 6 heteroatoms. The van der Waals surface area contributed by atoms with Gasteiger partial charge in [-0.2, -0.15) is 0 Å². The molecule has 1 aliphatic rings. The van der Waals surface area contributed by atoms with Crippen molar-refractivity contribution in [1.82, 2.24) is 15.8 Å². The van der Waals surface area contributed by atoms with Crippen molar-refractivity contribution >= 4 is 29.9 Å². The minimum Gasteiger partial charge on any atom is -0.359 e. The average molecular weight is 448 g/mol. The molecule has 0 saturated heterocycles. The molecular weight excluding hydrogens is 415 g/mol. The largest absolute Gasteiger partial charge is 0.359 e. The van der Waals surface area contributed by atoms with Crippen LogP contribution in [0.15, 0.2) is 15.6 Å². The molecule has 2 rings (SSSR count). The van der Waals surface area contributed by atoms with Crippen LogP contribution in [0.1, 0.15) is 70.8 Å². The molecule has 1 aliphatic carbocycles. The van der Waals surface area contributed by atoms with Crippen LogP contribution in [0.4, 0.5) is 0 Å². The van der Waals surface area contributed by atoms with Crippen LogP contribution in [-0.4, -0.2) is 24.2 Å². The molecule has 1 aromatic heterocycles. The lowest BCUT2D eigenvalue weighted by atomic mass is 9.80. The highest BCUT2D eigenvalue weighted by molar-refractivity contribution is 14.0. The van der Waals surface area contributed by atoms with Crippen LogP contribution < -0.4 is 10.6 Å². The lowest BCUT2D eigenvalue weighted by Crippen LogP contribution is -2.44. The van der Waals surface area contributed by atoms with E-state index in [2.05, 4.69) is 48.5 Å². The summed E-state index contributed by atoms with van der Waals surface area (Å²) in [5.41, 5.74) is 0.997.